The van der Waals surface area contributed by atoms with Gasteiger partial charge in [0, 0.05) is 36.7 Å². The monoisotopic (exact) mass is 454 g/mol. The molecular formula is C26H34N2O5. The summed E-state index contributed by atoms with van der Waals surface area (Å²) in [7, 11) is 0. The van der Waals surface area contributed by atoms with Crippen LogP contribution in [-0.4, -0.2) is 52.9 Å². The van der Waals surface area contributed by atoms with Gasteiger partial charge in [-0.1, -0.05) is 43.3 Å². The third-order valence-electron chi connectivity index (χ3n) is 6.75. The molecule has 5 atom stereocenters. The van der Waals surface area contributed by atoms with Gasteiger partial charge in [-0.25, -0.2) is 0 Å². The summed E-state index contributed by atoms with van der Waals surface area (Å²) in [4.78, 5) is 13.7. The Labute approximate surface area is 195 Å². The van der Waals surface area contributed by atoms with E-state index in [9.17, 15) is 15.0 Å². The molecule has 7 heteroatoms. The molecule has 178 valence electrons. The second kappa shape index (κ2) is 10.8. The van der Waals surface area contributed by atoms with Crippen LogP contribution in [0.1, 0.15) is 55.8 Å². The topological polar surface area (TPSA) is 91.3 Å². The van der Waals surface area contributed by atoms with Crippen molar-refractivity contribution in [2.24, 2.45) is 5.92 Å². The van der Waals surface area contributed by atoms with Crippen LogP contribution in [0.4, 0.5) is 5.69 Å². The molecule has 2 saturated heterocycles. The van der Waals surface area contributed by atoms with Crippen LogP contribution in [0.3, 0.4) is 0 Å². The zero-order valence-corrected chi connectivity index (χ0v) is 19.3. The Hall–Kier alpha value is -2.29. The Morgan fingerprint density at radius 2 is 1.76 bits per heavy atom. The van der Waals surface area contributed by atoms with Crippen molar-refractivity contribution in [3.63, 3.8) is 0 Å². The Bertz CT molecular complexity index is 917. The smallest absolute Gasteiger partial charge is 0.221 e. The zero-order valence-electron chi connectivity index (χ0n) is 19.3. The molecule has 0 radical (unpaired) electrons. The van der Waals surface area contributed by atoms with Crippen molar-refractivity contribution < 1.29 is 24.5 Å². The molecule has 0 spiro atoms. The van der Waals surface area contributed by atoms with Gasteiger partial charge in [0.25, 0.3) is 0 Å². The van der Waals surface area contributed by atoms with Gasteiger partial charge < -0.3 is 25.0 Å². The molecule has 3 N–H and O–H groups in total. The summed E-state index contributed by atoms with van der Waals surface area (Å²) in [6.07, 6.45) is 1.30. The molecule has 2 fully saturated rings. The minimum atomic E-state index is -0.546. The highest BCUT2D eigenvalue weighted by molar-refractivity contribution is 5.88. The summed E-state index contributed by atoms with van der Waals surface area (Å²) >= 11 is 0. The lowest BCUT2D eigenvalue weighted by Crippen LogP contribution is -2.46. The van der Waals surface area contributed by atoms with Crippen LogP contribution in [-0.2, 0) is 20.9 Å². The normalized spacial score (nSPS) is 28.1. The summed E-state index contributed by atoms with van der Waals surface area (Å²) in [6.45, 7) is 5.50. The second-order valence-electron chi connectivity index (χ2n) is 9.10. The number of amides is 1. The van der Waals surface area contributed by atoms with Gasteiger partial charge in [-0.2, -0.15) is 0 Å². The average Bonchev–Trinajstić information content (AvgIpc) is 3.28. The summed E-state index contributed by atoms with van der Waals surface area (Å²) in [6, 6.07) is 15.6. The minimum Gasteiger partial charge on any atom is -0.395 e. The van der Waals surface area contributed by atoms with Gasteiger partial charge in [-0.15, -0.1) is 0 Å². The number of aliphatic hydroxyl groups is 2. The van der Waals surface area contributed by atoms with Crippen molar-refractivity contribution in [1.29, 1.82) is 0 Å². The lowest BCUT2D eigenvalue weighted by atomic mass is 9.90. The SMILES string of the molecule is CC(=O)Nc1ccc([C@H]2O[C@@H](CN3CCC[C@H]3CO)[C@@H](C)[C@@H](c3ccc(CO)cc3)O2)cc1. The number of aliphatic hydroxyl groups excluding tert-OH is 2. The van der Waals surface area contributed by atoms with Crippen LogP contribution >= 0.6 is 0 Å². The number of anilines is 1. The Kier molecular flexibility index (Phi) is 7.78. The molecule has 7 nitrogen and oxygen atoms in total. The Morgan fingerprint density at radius 3 is 2.39 bits per heavy atom. The number of nitrogens with zero attached hydrogens (tertiary/aromatic N) is 1. The molecule has 1 amide bonds. The number of carbonyl (C=O) groups excluding carboxylic acids is 1. The fraction of sp³-hybridized carbons (Fsp3) is 0.500. The van der Waals surface area contributed by atoms with E-state index in [1.54, 1.807) is 0 Å². The summed E-state index contributed by atoms with van der Waals surface area (Å²) in [5.74, 6) is -0.0166. The van der Waals surface area contributed by atoms with E-state index in [1.165, 1.54) is 6.92 Å². The molecule has 2 heterocycles. The standard InChI is InChI=1S/C26H34N2O5/c1-17-24(14-28-13-3-4-23(28)16-30)32-26(21-9-11-22(12-10-21)27-18(2)31)33-25(17)20-7-5-19(15-29)6-8-20/h5-12,17,23-26,29-30H,3-4,13-16H2,1-2H3,(H,27,31)/t17-,23+,24+,25+,26+/m1/s1. The van der Waals surface area contributed by atoms with E-state index in [-0.39, 0.29) is 43.3 Å². The predicted molar refractivity (Wildman–Crippen MR) is 125 cm³/mol. The summed E-state index contributed by atoms with van der Waals surface area (Å²) in [5.41, 5.74) is 3.53. The van der Waals surface area contributed by atoms with Crippen LogP contribution in [0.2, 0.25) is 0 Å². The Morgan fingerprint density at radius 1 is 1.06 bits per heavy atom. The van der Waals surface area contributed by atoms with Crippen molar-refractivity contribution in [3.8, 4) is 0 Å². The molecule has 4 rings (SSSR count). The Balaban J connectivity index is 1.58. The van der Waals surface area contributed by atoms with Crippen molar-refractivity contribution in [2.75, 3.05) is 25.0 Å². The molecule has 0 saturated carbocycles. The maximum atomic E-state index is 11.3. The highest BCUT2D eigenvalue weighted by Gasteiger charge is 2.40. The third kappa shape index (κ3) is 5.62. The molecule has 0 unspecified atom stereocenters. The number of carbonyl (C=O) groups is 1. The largest absolute Gasteiger partial charge is 0.395 e. The van der Waals surface area contributed by atoms with Crippen LogP contribution in [0.15, 0.2) is 48.5 Å². The van der Waals surface area contributed by atoms with Crippen LogP contribution in [0.25, 0.3) is 0 Å². The first-order valence-corrected chi connectivity index (χ1v) is 11.7. The first-order valence-electron chi connectivity index (χ1n) is 11.7. The first kappa shape index (κ1) is 23.9. The lowest BCUT2D eigenvalue weighted by molar-refractivity contribution is -0.276. The van der Waals surface area contributed by atoms with Crippen LogP contribution in [0, 0.1) is 5.92 Å². The summed E-state index contributed by atoms with van der Waals surface area (Å²) < 4.78 is 13.0. The minimum absolute atomic E-state index is 0.00781. The number of ether oxygens (including phenoxy) is 2. The van der Waals surface area contributed by atoms with Gasteiger partial charge >= 0.3 is 0 Å². The van der Waals surface area contributed by atoms with E-state index >= 15 is 0 Å². The van der Waals surface area contributed by atoms with Crippen LogP contribution in [0.5, 0.6) is 0 Å². The van der Waals surface area contributed by atoms with Crippen LogP contribution < -0.4 is 5.32 Å². The molecule has 2 aliphatic heterocycles. The number of hydrogen-bond acceptors (Lipinski definition) is 6. The molecule has 2 aliphatic rings. The van der Waals surface area contributed by atoms with Crippen molar-refractivity contribution >= 4 is 11.6 Å². The quantitative estimate of drug-likeness (QED) is 0.594. The molecule has 33 heavy (non-hydrogen) atoms. The highest BCUT2D eigenvalue weighted by atomic mass is 16.7. The number of hydrogen-bond donors (Lipinski definition) is 3. The van der Waals surface area contributed by atoms with Crippen molar-refractivity contribution in [3.05, 3.63) is 65.2 Å². The van der Waals surface area contributed by atoms with Gasteiger partial charge in [0.2, 0.25) is 5.91 Å². The van der Waals surface area contributed by atoms with E-state index in [2.05, 4.69) is 17.1 Å². The number of likely N-dealkylation sites (tertiary alicyclic amines) is 1. The molecule has 0 bridgehead atoms. The van der Waals surface area contributed by atoms with Gasteiger partial charge in [0.1, 0.15) is 0 Å². The lowest BCUT2D eigenvalue weighted by Gasteiger charge is -2.43. The maximum absolute atomic E-state index is 11.3. The number of rotatable bonds is 7. The van der Waals surface area contributed by atoms with Gasteiger partial charge in [0.15, 0.2) is 6.29 Å². The van der Waals surface area contributed by atoms with Crippen molar-refractivity contribution in [2.45, 2.75) is 57.8 Å². The summed E-state index contributed by atoms with van der Waals surface area (Å²) in [5, 5.41) is 22.0. The molecule has 0 aliphatic carbocycles. The van der Waals surface area contributed by atoms with E-state index in [0.717, 1.165) is 48.3 Å². The van der Waals surface area contributed by atoms with E-state index in [0.29, 0.717) is 0 Å². The first-order chi connectivity index (χ1) is 16.0. The van der Waals surface area contributed by atoms with Gasteiger partial charge in [-0.3, -0.25) is 9.69 Å². The molecule has 0 aromatic heterocycles. The van der Waals surface area contributed by atoms with E-state index < -0.39 is 6.29 Å². The highest BCUT2D eigenvalue weighted by Crippen LogP contribution is 2.42. The molecule has 2 aromatic rings. The maximum Gasteiger partial charge on any atom is 0.221 e. The predicted octanol–water partition coefficient (Wildman–Crippen LogP) is 3.39. The fourth-order valence-corrected chi connectivity index (χ4v) is 4.83. The fourth-order valence-electron chi connectivity index (χ4n) is 4.83. The van der Waals surface area contributed by atoms with Gasteiger partial charge in [0.05, 0.1) is 25.4 Å². The third-order valence-corrected chi connectivity index (χ3v) is 6.75. The van der Waals surface area contributed by atoms with Gasteiger partial charge in [-0.05, 0) is 42.6 Å². The number of nitrogens with one attached hydrogen (secondary N) is 1. The van der Waals surface area contributed by atoms with E-state index in [4.69, 9.17) is 9.47 Å². The molecule has 2 aromatic carbocycles. The average molecular weight is 455 g/mol. The van der Waals surface area contributed by atoms with Crippen molar-refractivity contribution in [1.82, 2.24) is 4.90 Å². The molecular weight excluding hydrogens is 420 g/mol. The number of benzene rings is 2. The van der Waals surface area contributed by atoms with E-state index in [1.807, 2.05) is 48.5 Å². The second-order valence-corrected chi connectivity index (χ2v) is 9.10. The zero-order chi connectivity index (χ0) is 23.4.